The molecule has 1 aliphatic rings. The molecule has 5 heteroatoms. The van der Waals surface area contributed by atoms with Gasteiger partial charge in [0.2, 0.25) is 5.91 Å². The summed E-state index contributed by atoms with van der Waals surface area (Å²) in [6.45, 7) is 4.78. The van der Waals surface area contributed by atoms with E-state index in [0.717, 1.165) is 30.5 Å². The second kappa shape index (κ2) is 9.20. The highest BCUT2D eigenvalue weighted by Crippen LogP contribution is 2.22. The number of nitrogens with one attached hydrogen (secondary N) is 1. The number of benzene rings is 2. The highest BCUT2D eigenvalue weighted by molar-refractivity contribution is 6.03. The molecule has 1 saturated heterocycles. The van der Waals surface area contributed by atoms with E-state index in [-0.39, 0.29) is 17.9 Å². The number of aryl methyl sites for hydroxylation is 1. The van der Waals surface area contributed by atoms with Gasteiger partial charge in [-0.25, -0.2) is 0 Å². The van der Waals surface area contributed by atoms with E-state index >= 15 is 0 Å². The Labute approximate surface area is 171 Å². The molecular formula is C24H25N3O2. The fourth-order valence-electron chi connectivity index (χ4n) is 3.52. The monoisotopic (exact) mass is 387 g/mol. The van der Waals surface area contributed by atoms with E-state index in [2.05, 4.69) is 18.3 Å². The third-order valence-electron chi connectivity index (χ3n) is 5.26. The van der Waals surface area contributed by atoms with Crippen LogP contribution in [-0.4, -0.2) is 29.3 Å². The molecule has 0 bridgehead atoms. The van der Waals surface area contributed by atoms with E-state index in [9.17, 15) is 9.59 Å². The Balaban J connectivity index is 1.65. The topological polar surface area (TPSA) is 73.2 Å². The summed E-state index contributed by atoms with van der Waals surface area (Å²) in [7, 11) is 0. The largest absolute Gasteiger partial charge is 0.336 e. The van der Waals surface area contributed by atoms with Gasteiger partial charge in [0.25, 0.3) is 5.91 Å². The molecule has 0 aliphatic carbocycles. The minimum absolute atomic E-state index is 0.0545. The molecule has 2 aromatic rings. The van der Waals surface area contributed by atoms with Crippen molar-refractivity contribution in [1.82, 2.24) is 4.90 Å². The molecule has 0 saturated carbocycles. The van der Waals surface area contributed by atoms with Gasteiger partial charge in [-0.1, -0.05) is 12.1 Å². The normalized spacial score (nSPS) is 16.4. The summed E-state index contributed by atoms with van der Waals surface area (Å²) in [5.41, 5.74) is 3.61. The van der Waals surface area contributed by atoms with Crippen molar-refractivity contribution in [3.63, 3.8) is 0 Å². The van der Waals surface area contributed by atoms with Crippen molar-refractivity contribution in [2.24, 2.45) is 0 Å². The number of nitriles is 1. The predicted octanol–water partition coefficient (Wildman–Crippen LogP) is 4.53. The van der Waals surface area contributed by atoms with Gasteiger partial charge in [0.15, 0.2) is 0 Å². The van der Waals surface area contributed by atoms with Crippen molar-refractivity contribution in [2.45, 2.75) is 39.2 Å². The maximum Gasteiger partial charge on any atom is 0.254 e. The van der Waals surface area contributed by atoms with Gasteiger partial charge in [0, 0.05) is 29.9 Å². The number of carbonyl (C=O) groups is 2. The summed E-state index contributed by atoms with van der Waals surface area (Å²) >= 11 is 0. The van der Waals surface area contributed by atoms with E-state index in [1.54, 1.807) is 42.5 Å². The fourth-order valence-corrected chi connectivity index (χ4v) is 3.52. The van der Waals surface area contributed by atoms with Crippen LogP contribution in [0.2, 0.25) is 0 Å². The van der Waals surface area contributed by atoms with Crippen molar-refractivity contribution in [1.29, 1.82) is 5.26 Å². The van der Waals surface area contributed by atoms with E-state index in [4.69, 9.17) is 5.26 Å². The SMILES string of the molecule is Cc1cc(C(=O)N2CCCCC2C)ccc1NC(=O)/C=C/c1ccc(C#N)cc1. The van der Waals surface area contributed by atoms with Gasteiger partial charge >= 0.3 is 0 Å². The quantitative estimate of drug-likeness (QED) is 0.783. The molecule has 5 nitrogen and oxygen atoms in total. The van der Waals surface area contributed by atoms with E-state index < -0.39 is 0 Å². The van der Waals surface area contributed by atoms with Crippen LogP contribution in [0.25, 0.3) is 6.08 Å². The maximum absolute atomic E-state index is 12.8. The molecule has 1 atom stereocenters. The average Bonchev–Trinajstić information content (AvgIpc) is 2.74. The van der Waals surface area contributed by atoms with Gasteiger partial charge < -0.3 is 10.2 Å². The molecule has 0 spiro atoms. The minimum Gasteiger partial charge on any atom is -0.336 e. The summed E-state index contributed by atoms with van der Waals surface area (Å²) in [6.07, 6.45) is 6.42. The molecule has 2 aromatic carbocycles. The molecule has 1 unspecified atom stereocenters. The summed E-state index contributed by atoms with van der Waals surface area (Å²) in [5, 5.41) is 11.7. The maximum atomic E-state index is 12.8. The Kier molecular flexibility index (Phi) is 6.46. The molecule has 2 amide bonds. The van der Waals surface area contributed by atoms with E-state index in [1.807, 2.05) is 17.9 Å². The first kappa shape index (κ1) is 20.3. The second-order valence-corrected chi connectivity index (χ2v) is 7.43. The predicted molar refractivity (Wildman–Crippen MR) is 114 cm³/mol. The zero-order valence-electron chi connectivity index (χ0n) is 16.8. The fraction of sp³-hybridized carbons (Fsp3) is 0.292. The Morgan fingerprint density at radius 1 is 1.17 bits per heavy atom. The zero-order valence-corrected chi connectivity index (χ0v) is 16.8. The lowest BCUT2D eigenvalue weighted by atomic mass is 10.0. The minimum atomic E-state index is -0.249. The Morgan fingerprint density at radius 2 is 1.93 bits per heavy atom. The van der Waals surface area contributed by atoms with Crippen LogP contribution in [0.1, 0.15) is 53.2 Å². The lowest BCUT2D eigenvalue weighted by molar-refractivity contribution is -0.111. The molecule has 1 heterocycles. The van der Waals surface area contributed by atoms with Crippen molar-refractivity contribution in [3.05, 3.63) is 70.8 Å². The van der Waals surface area contributed by atoms with Crippen LogP contribution < -0.4 is 5.32 Å². The van der Waals surface area contributed by atoms with Crippen molar-refractivity contribution in [2.75, 3.05) is 11.9 Å². The van der Waals surface area contributed by atoms with Crippen LogP contribution in [0.15, 0.2) is 48.5 Å². The third kappa shape index (κ3) is 5.11. The summed E-state index contributed by atoms with van der Waals surface area (Å²) in [5.74, 6) is -0.194. The van der Waals surface area contributed by atoms with Crippen molar-refractivity contribution in [3.8, 4) is 6.07 Å². The number of hydrogen-bond donors (Lipinski definition) is 1. The summed E-state index contributed by atoms with van der Waals surface area (Å²) in [4.78, 5) is 27.0. The molecule has 29 heavy (non-hydrogen) atoms. The van der Waals surface area contributed by atoms with Crippen LogP contribution in [0.4, 0.5) is 5.69 Å². The molecule has 1 fully saturated rings. The number of rotatable bonds is 4. The first-order chi connectivity index (χ1) is 14.0. The molecule has 148 valence electrons. The Morgan fingerprint density at radius 3 is 2.59 bits per heavy atom. The Hall–Kier alpha value is -3.39. The number of amides is 2. The van der Waals surface area contributed by atoms with Gasteiger partial charge in [0.05, 0.1) is 11.6 Å². The molecule has 3 rings (SSSR count). The lowest BCUT2D eigenvalue weighted by Crippen LogP contribution is -2.42. The number of carbonyl (C=O) groups excluding carboxylic acids is 2. The molecule has 0 radical (unpaired) electrons. The van der Waals surface area contributed by atoms with Crippen LogP contribution in [0.5, 0.6) is 0 Å². The number of piperidine rings is 1. The molecule has 1 aliphatic heterocycles. The van der Waals surface area contributed by atoms with Gasteiger partial charge in [-0.05, 0) is 80.6 Å². The van der Waals surface area contributed by atoms with E-state index in [0.29, 0.717) is 16.8 Å². The van der Waals surface area contributed by atoms with Crippen LogP contribution >= 0.6 is 0 Å². The third-order valence-corrected chi connectivity index (χ3v) is 5.26. The van der Waals surface area contributed by atoms with Gasteiger partial charge in [-0.15, -0.1) is 0 Å². The first-order valence-electron chi connectivity index (χ1n) is 9.89. The molecule has 0 aromatic heterocycles. The molecular weight excluding hydrogens is 362 g/mol. The highest BCUT2D eigenvalue weighted by Gasteiger charge is 2.24. The van der Waals surface area contributed by atoms with E-state index in [1.165, 1.54) is 12.5 Å². The number of hydrogen-bond acceptors (Lipinski definition) is 3. The smallest absolute Gasteiger partial charge is 0.254 e. The Bertz CT molecular complexity index is 971. The number of anilines is 1. The van der Waals surface area contributed by atoms with Gasteiger partial charge in [-0.3, -0.25) is 9.59 Å². The average molecular weight is 387 g/mol. The van der Waals surface area contributed by atoms with Crippen LogP contribution in [0.3, 0.4) is 0 Å². The second-order valence-electron chi connectivity index (χ2n) is 7.43. The standard InChI is InChI=1S/C24H25N3O2/c1-17-15-21(24(29)27-14-4-3-5-18(27)2)11-12-22(17)26-23(28)13-10-19-6-8-20(16-25)9-7-19/h6-13,15,18H,3-5,14H2,1-2H3,(H,26,28)/b13-10+. The van der Waals surface area contributed by atoms with Crippen LogP contribution in [0, 0.1) is 18.3 Å². The number of likely N-dealkylation sites (tertiary alicyclic amines) is 1. The van der Waals surface area contributed by atoms with Crippen molar-refractivity contribution >= 4 is 23.6 Å². The first-order valence-corrected chi connectivity index (χ1v) is 9.89. The summed E-state index contributed by atoms with van der Waals surface area (Å²) < 4.78 is 0. The zero-order chi connectivity index (χ0) is 20.8. The highest BCUT2D eigenvalue weighted by atomic mass is 16.2. The summed E-state index contributed by atoms with van der Waals surface area (Å²) in [6, 6.07) is 14.7. The van der Waals surface area contributed by atoms with Crippen molar-refractivity contribution < 1.29 is 9.59 Å². The van der Waals surface area contributed by atoms with Gasteiger partial charge in [0.1, 0.15) is 0 Å². The molecule has 1 N–H and O–H groups in total. The van der Waals surface area contributed by atoms with Gasteiger partial charge in [-0.2, -0.15) is 5.26 Å². The lowest BCUT2D eigenvalue weighted by Gasteiger charge is -2.33. The number of nitrogens with zero attached hydrogens (tertiary/aromatic N) is 2. The van der Waals surface area contributed by atoms with Crippen LogP contribution in [-0.2, 0) is 4.79 Å².